The maximum Gasteiger partial charge on any atom is 0.465 e. The van der Waals surface area contributed by atoms with Crippen LogP contribution in [0, 0.1) is 11.8 Å². The third-order valence-corrected chi connectivity index (χ3v) is 12.2. The first-order valence-electron chi connectivity index (χ1n) is 18.2. The molecular weight excluding hydrogens is 793 g/mol. The van der Waals surface area contributed by atoms with Gasteiger partial charge in [0.2, 0.25) is 5.28 Å². The minimum Gasteiger partial charge on any atom is -0.756 e. The van der Waals surface area contributed by atoms with Gasteiger partial charge in [-0.05, 0) is 47.6 Å². The van der Waals surface area contributed by atoms with Crippen LogP contribution in [0.5, 0.6) is 5.75 Å². The molecule has 0 spiro atoms. The van der Waals surface area contributed by atoms with E-state index < -0.39 is 58.8 Å². The van der Waals surface area contributed by atoms with Crippen LogP contribution in [0.3, 0.4) is 0 Å². The van der Waals surface area contributed by atoms with Crippen molar-refractivity contribution < 1.29 is 51.1 Å². The van der Waals surface area contributed by atoms with Gasteiger partial charge in [-0.15, -0.1) is 0 Å². The topological polar surface area (TPSA) is 222 Å². The Morgan fingerprint density at radius 3 is 2.29 bits per heavy atom. The number of esters is 1. The second-order valence-electron chi connectivity index (χ2n) is 13.4. The van der Waals surface area contributed by atoms with Crippen LogP contribution in [0.15, 0.2) is 67.0 Å². The van der Waals surface area contributed by atoms with Crippen LogP contribution >= 0.6 is 27.2 Å². The molecule has 0 saturated carbocycles. The molecule has 1 fully saturated rings. The highest BCUT2D eigenvalue weighted by Gasteiger charge is 2.47. The summed E-state index contributed by atoms with van der Waals surface area (Å²) in [6.07, 6.45) is -1.86. The third-order valence-electron chi connectivity index (χ3n) is 8.82. The van der Waals surface area contributed by atoms with E-state index in [0.717, 1.165) is 16.8 Å². The summed E-state index contributed by atoms with van der Waals surface area (Å²) in [4.78, 5) is 38.0. The predicted molar refractivity (Wildman–Crippen MR) is 206 cm³/mol. The van der Waals surface area contributed by atoms with Crippen LogP contribution in [-0.2, 0) is 38.8 Å². The van der Waals surface area contributed by atoms with E-state index in [-0.39, 0.29) is 47.0 Å². The van der Waals surface area contributed by atoms with Crippen LogP contribution in [0.4, 0.5) is 10.2 Å². The quantitative estimate of drug-likeness (QED) is 0.0525. The van der Waals surface area contributed by atoms with Crippen LogP contribution in [0.25, 0.3) is 11.2 Å². The lowest BCUT2D eigenvalue weighted by atomic mass is 10.0. The molecule has 1 aliphatic heterocycles. The molecule has 0 amide bonds. The number of nitrogens with one attached hydrogen (secondary N) is 1. The monoisotopic (exact) mass is 841 g/mol. The van der Waals surface area contributed by atoms with Crippen molar-refractivity contribution in [3.63, 3.8) is 0 Å². The van der Waals surface area contributed by atoms with Gasteiger partial charge in [0.1, 0.15) is 36.1 Å². The third kappa shape index (κ3) is 12.8. The lowest BCUT2D eigenvalue weighted by Gasteiger charge is -2.31. The van der Waals surface area contributed by atoms with E-state index in [9.17, 15) is 23.9 Å². The number of nitrogens with zero attached hydrogens (tertiary/aromatic N) is 4. The number of imidazole rings is 1. The van der Waals surface area contributed by atoms with E-state index in [1.54, 1.807) is 50.2 Å². The normalized spacial score (nSPS) is 20.9. The van der Waals surface area contributed by atoms with Crippen molar-refractivity contribution in [3.8, 4) is 5.75 Å². The molecule has 2 aromatic heterocycles. The maximum absolute atomic E-state index is 15.3. The number of carbonyl (C=O) groups excluding carboxylic acids is 1. The number of ether oxygens (including phenoxy) is 2. The number of alkyl halides is 1. The van der Waals surface area contributed by atoms with Crippen molar-refractivity contribution in [1.29, 1.82) is 0 Å². The molecule has 5 rings (SSSR count). The minimum absolute atomic E-state index is 0.0000638. The first-order chi connectivity index (χ1) is 26.6. The summed E-state index contributed by atoms with van der Waals surface area (Å²) in [7, 11) is -10.6. The Labute approximate surface area is 330 Å². The maximum atomic E-state index is 15.3. The Hall–Kier alpha value is -3.50. The van der Waals surface area contributed by atoms with E-state index in [4.69, 9.17) is 40.2 Å². The molecule has 7 atom stereocenters. The van der Waals surface area contributed by atoms with Crippen molar-refractivity contribution in [1.82, 2.24) is 24.6 Å². The van der Waals surface area contributed by atoms with E-state index in [1.807, 2.05) is 0 Å². The highest BCUT2D eigenvalue weighted by atomic mass is 35.5. The number of aliphatic hydroxyl groups is 1. The average molecular weight is 842 g/mol. The molecule has 2 aromatic carbocycles. The average Bonchev–Trinajstić information content (AvgIpc) is 3.70. The number of phosphoric ester groups is 1. The number of anilines is 1. The highest BCUT2D eigenvalue weighted by molar-refractivity contribution is 7.63. The SMILES string of the molecule is CC(C)C[C@H](NP(=O)(Oc1ccccc1)OP(=O)([O-])OC[C@H]1O[C@@H](n2cnc3c(N)nc(Cl)nc32)[C@H](F)C1O)C(=O)OCc1ccccc1.CCC(CC)CC. The molecule has 4 aromatic rings. The number of nitrogen functional groups attached to an aromatic ring is 1. The van der Waals surface area contributed by atoms with Crippen molar-refractivity contribution in [3.05, 3.63) is 77.8 Å². The zero-order valence-electron chi connectivity index (χ0n) is 31.8. The second kappa shape index (κ2) is 20.8. The number of rotatable bonds is 18. The van der Waals surface area contributed by atoms with Gasteiger partial charge in [0, 0.05) is 0 Å². The summed E-state index contributed by atoms with van der Waals surface area (Å²) in [5, 5.41) is 12.7. The minimum atomic E-state index is -5.61. The number of phosphoric acid groups is 1. The van der Waals surface area contributed by atoms with Crippen LogP contribution in [-0.4, -0.2) is 61.6 Å². The van der Waals surface area contributed by atoms with Crippen molar-refractivity contribution in [2.24, 2.45) is 11.8 Å². The van der Waals surface area contributed by atoms with Crippen LogP contribution in [0.1, 0.15) is 72.1 Å². The van der Waals surface area contributed by atoms with E-state index >= 15 is 4.39 Å². The molecule has 16 nitrogen and oxygen atoms in total. The van der Waals surface area contributed by atoms with Gasteiger partial charge in [0.25, 0.3) is 7.82 Å². The molecular formula is C36H49ClFN6O10P2-. The number of fused-ring (bicyclic) bond motifs is 1. The summed E-state index contributed by atoms with van der Waals surface area (Å²) >= 11 is 5.88. The summed E-state index contributed by atoms with van der Waals surface area (Å²) < 4.78 is 69.9. The number of benzene rings is 2. The van der Waals surface area contributed by atoms with Gasteiger partial charge >= 0.3 is 13.7 Å². The summed E-state index contributed by atoms with van der Waals surface area (Å²) in [6.45, 7) is 9.28. The highest BCUT2D eigenvalue weighted by Crippen LogP contribution is 2.58. The van der Waals surface area contributed by atoms with Crippen LogP contribution < -0.4 is 20.2 Å². The summed E-state index contributed by atoms with van der Waals surface area (Å²) in [6, 6.07) is 14.9. The Bertz CT molecular complexity index is 1940. The standard InChI is InChI=1S/C29H34ClFN6O10P2.C7H16/c1-17(2)13-20(28(39)43-14-18-9-5-3-6-10-18)36-48(40,46-19-11-7-4-8-12-19)47-49(41,42)44-15-21-24(38)22(31)27(45-21)37-16-33-23-25(32)34-29(30)35-26(23)37;1-4-7(5-2)6-3/h3-12,16-17,20-22,24,27,38H,13-15H2,1-2H3,(H,36,40)(H,41,42)(H2,32,34,35);7H,4-6H2,1-3H3/p-1/t20-,21+,22+,24?,27+,48?;/m0./s1. The van der Waals surface area contributed by atoms with Gasteiger partial charge in [0.05, 0.1) is 12.9 Å². The molecule has 1 aliphatic rings. The molecule has 0 aliphatic carbocycles. The zero-order chi connectivity index (χ0) is 41.0. The molecule has 308 valence electrons. The number of halogens is 2. The number of nitrogens with two attached hydrogens (primary N) is 1. The predicted octanol–water partition coefficient (Wildman–Crippen LogP) is 6.93. The largest absolute Gasteiger partial charge is 0.756 e. The first-order valence-corrected chi connectivity index (χ1v) is 21.6. The van der Waals surface area contributed by atoms with Gasteiger partial charge in [-0.1, -0.05) is 102 Å². The van der Waals surface area contributed by atoms with E-state index in [1.165, 1.54) is 43.5 Å². The second-order valence-corrected chi connectivity index (χ2v) is 17.0. The molecule has 4 N–H and O–H groups in total. The van der Waals surface area contributed by atoms with Gasteiger partial charge in [-0.25, -0.2) is 18.3 Å². The summed E-state index contributed by atoms with van der Waals surface area (Å²) in [5.74, 6) is -0.157. The molecule has 3 unspecified atom stereocenters. The molecule has 1 saturated heterocycles. The molecule has 3 heterocycles. The number of aromatic nitrogens is 4. The Balaban J connectivity index is 0.000000908. The zero-order valence-corrected chi connectivity index (χ0v) is 34.3. The van der Waals surface area contributed by atoms with Gasteiger partial charge in [0.15, 0.2) is 23.9 Å². The fourth-order valence-corrected chi connectivity index (χ4v) is 8.84. The van der Waals surface area contributed by atoms with E-state index in [2.05, 4.69) is 40.8 Å². The van der Waals surface area contributed by atoms with Gasteiger partial charge < -0.3 is 34.3 Å². The molecule has 56 heavy (non-hydrogen) atoms. The fourth-order valence-electron chi connectivity index (χ4n) is 5.73. The van der Waals surface area contributed by atoms with Crippen molar-refractivity contribution in [2.75, 3.05) is 12.3 Å². The number of para-hydroxylation sites is 1. The number of hydrogen-bond donors (Lipinski definition) is 3. The lowest BCUT2D eigenvalue weighted by molar-refractivity contribution is -0.220. The van der Waals surface area contributed by atoms with Crippen molar-refractivity contribution >= 4 is 50.1 Å². The molecule has 0 radical (unpaired) electrons. The number of carbonyl (C=O) groups is 1. The van der Waals surface area contributed by atoms with Gasteiger partial charge in [-0.2, -0.15) is 15.1 Å². The number of aliphatic hydroxyl groups excluding tert-OH is 1. The summed E-state index contributed by atoms with van der Waals surface area (Å²) in [5.41, 5.74) is 6.58. The Morgan fingerprint density at radius 1 is 1.07 bits per heavy atom. The molecule has 0 bridgehead atoms. The fraction of sp³-hybridized carbons (Fsp3) is 0.500. The first kappa shape index (κ1) is 45.2. The number of hydrogen-bond acceptors (Lipinski definition) is 14. The van der Waals surface area contributed by atoms with Crippen LogP contribution in [0.2, 0.25) is 5.28 Å². The van der Waals surface area contributed by atoms with Gasteiger partial charge in [-0.3, -0.25) is 13.9 Å². The lowest BCUT2D eigenvalue weighted by Crippen LogP contribution is -2.39. The van der Waals surface area contributed by atoms with Crippen molar-refractivity contribution in [2.45, 2.75) is 97.6 Å². The Kier molecular flexibility index (Phi) is 16.8. The van der Waals surface area contributed by atoms with E-state index in [0.29, 0.717) is 5.56 Å². The Morgan fingerprint density at radius 2 is 1.70 bits per heavy atom. The smallest absolute Gasteiger partial charge is 0.465 e. The molecule has 20 heteroatoms.